The number of ether oxygens (including phenoxy) is 1. The van der Waals surface area contributed by atoms with Crippen LogP contribution >= 0.6 is 0 Å². The van der Waals surface area contributed by atoms with E-state index in [0.29, 0.717) is 23.4 Å². The Balaban J connectivity index is 1.61. The van der Waals surface area contributed by atoms with Crippen molar-refractivity contribution in [2.75, 3.05) is 0 Å². The van der Waals surface area contributed by atoms with Gasteiger partial charge in [0.2, 0.25) is 0 Å². The number of hydrogen-bond donors (Lipinski definition) is 2. The SMILES string of the molecule is CC1=C(CCc2ccccc2C)NC(c2ccc(-c3ccccc3)cc2)(S(=O)(=O)O)O1. The summed E-state index contributed by atoms with van der Waals surface area (Å²) in [6.07, 6.45) is 1.29. The van der Waals surface area contributed by atoms with Crippen molar-refractivity contribution in [1.82, 2.24) is 5.32 Å². The summed E-state index contributed by atoms with van der Waals surface area (Å²) < 4.78 is 40.9. The van der Waals surface area contributed by atoms with Crippen LogP contribution in [0.3, 0.4) is 0 Å². The lowest BCUT2D eigenvalue weighted by atomic mass is 10.0. The van der Waals surface area contributed by atoms with E-state index in [0.717, 1.165) is 17.5 Å². The largest absolute Gasteiger partial charge is 0.451 e. The first-order valence-corrected chi connectivity index (χ1v) is 11.6. The highest BCUT2D eigenvalue weighted by atomic mass is 32.2. The Bertz CT molecular complexity index is 1220. The van der Waals surface area contributed by atoms with Gasteiger partial charge < -0.3 is 10.1 Å². The number of hydrogen-bond acceptors (Lipinski definition) is 4. The lowest BCUT2D eigenvalue weighted by Gasteiger charge is -2.27. The molecule has 1 heterocycles. The minimum atomic E-state index is -4.63. The van der Waals surface area contributed by atoms with Crippen molar-refractivity contribution in [2.24, 2.45) is 0 Å². The summed E-state index contributed by atoms with van der Waals surface area (Å²) in [4.78, 5) is 0. The predicted octanol–water partition coefficient (Wildman–Crippen LogP) is 5.14. The fourth-order valence-electron chi connectivity index (χ4n) is 3.89. The molecular formula is C25H25NO4S. The highest BCUT2D eigenvalue weighted by Gasteiger charge is 2.52. The topological polar surface area (TPSA) is 75.6 Å². The summed E-state index contributed by atoms with van der Waals surface area (Å²) in [5, 5.41) is 0.931. The lowest BCUT2D eigenvalue weighted by molar-refractivity contribution is 0.0733. The van der Waals surface area contributed by atoms with Gasteiger partial charge in [0.25, 0.3) is 0 Å². The monoisotopic (exact) mass is 435 g/mol. The zero-order valence-corrected chi connectivity index (χ0v) is 18.3. The van der Waals surface area contributed by atoms with E-state index in [9.17, 15) is 13.0 Å². The van der Waals surface area contributed by atoms with Gasteiger partial charge in [0.1, 0.15) is 5.76 Å². The second-order valence-corrected chi connectivity index (χ2v) is 9.25. The molecule has 6 heteroatoms. The van der Waals surface area contributed by atoms with Crippen molar-refractivity contribution in [3.63, 3.8) is 0 Å². The van der Waals surface area contributed by atoms with Gasteiger partial charge in [-0.1, -0.05) is 78.9 Å². The van der Waals surface area contributed by atoms with Gasteiger partial charge in [0.05, 0.1) is 5.70 Å². The maximum Gasteiger partial charge on any atom is 0.335 e. The Hall–Kier alpha value is -3.09. The molecule has 0 aromatic heterocycles. The number of benzene rings is 3. The molecule has 0 aliphatic carbocycles. The molecule has 0 spiro atoms. The van der Waals surface area contributed by atoms with Gasteiger partial charge in [-0.25, -0.2) is 0 Å². The summed E-state index contributed by atoms with van der Waals surface area (Å²) in [6.45, 7) is 3.76. The molecule has 5 nitrogen and oxygen atoms in total. The van der Waals surface area contributed by atoms with Gasteiger partial charge in [0.15, 0.2) is 0 Å². The summed E-state index contributed by atoms with van der Waals surface area (Å²) in [7, 11) is -4.63. The molecule has 2 N–H and O–H groups in total. The number of allylic oxidation sites excluding steroid dienone is 2. The van der Waals surface area contributed by atoms with E-state index in [4.69, 9.17) is 4.74 Å². The zero-order chi connectivity index (χ0) is 22.1. The average Bonchev–Trinajstić information content (AvgIpc) is 3.11. The smallest absolute Gasteiger partial charge is 0.335 e. The van der Waals surface area contributed by atoms with Gasteiger partial charge >= 0.3 is 15.2 Å². The molecule has 1 unspecified atom stereocenters. The quantitative estimate of drug-likeness (QED) is 0.524. The molecule has 31 heavy (non-hydrogen) atoms. The molecule has 1 aliphatic heterocycles. The van der Waals surface area contributed by atoms with E-state index in [2.05, 4.69) is 11.4 Å². The summed E-state index contributed by atoms with van der Waals surface area (Å²) in [6, 6.07) is 24.8. The third-order valence-corrected chi connectivity index (χ3v) is 6.83. The van der Waals surface area contributed by atoms with Crippen molar-refractivity contribution in [3.05, 3.63) is 107 Å². The van der Waals surface area contributed by atoms with Crippen molar-refractivity contribution in [3.8, 4) is 11.1 Å². The molecule has 0 bridgehead atoms. The standard InChI is InChI=1S/C25H25NO4S/c1-18-8-6-7-9-20(18)14-17-24-19(2)30-25(26-24,31(27,28)29)23-15-12-22(13-16-23)21-10-4-3-5-11-21/h3-13,15-16,26H,14,17H2,1-2H3,(H,27,28,29). The molecule has 1 atom stereocenters. The van der Waals surface area contributed by atoms with E-state index in [1.165, 1.54) is 11.1 Å². The van der Waals surface area contributed by atoms with E-state index in [1.807, 2.05) is 67.6 Å². The van der Waals surface area contributed by atoms with E-state index >= 15 is 0 Å². The Kier molecular flexibility index (Phi) is 5.60. The molecule has 160 valence electrons. The van der Waals surface area contributed by atoms with Crippen LogP contribution in [-0.2, 0) is 26.3 Å². The van der Waals surface area contributed by atoms with Crippen LogP contribution < -0.4 is 5.32 Å². The Morgan fingerprint density at radius 3 is 2.10 bits per heavy atom. The van der Waals surface area contributed by atoms with Crippen LogP contribution in [0.15, 0.2) is 90.3 Å². The van der Waals surface area contributed by atoms with Crippen LogP contribution in [-0.4, -0.2) is 13.0 Å². The van der Waals surface area contributed by atoms with Crippen molar-refractivity contribution >= 4 is 10.1 Å². The molecule has 1 aliphatic rings. The normalized spacial score (nSPS) is 18.5. The van der Waals surface area contributed by atoms with Crippen LogP contribution in [0.4, 0.5) is 0 Å². The van der Waals surface area contributed by atoms with Gasteiger partial charge in [-0.2, -0.15) is 8.42 Å². The number of rotatable bonds is 6. The Labute approximate surface area is 183 Å². The second kappa shape index (κ2) is 8.21. The van der Waals surface area contributed by atoms with Gasteiger partial charge in [-0.05, 0) is 48.9 Å². The lowest BCUT2D eigenvalue weighted by Crippen LogP contribution is -2.46. The maximum atomic E-state index is 12.5. The highest BCUT2D eigenvalue weighted by molar-refractivity contribution is 7.86. The Morgan fingerprint density at radius 1 is 0.839 bits per heavy atom. The maximum absolute atomic E-state index is 12.5. The van der Waals surface area contributed by atoms with Gasteiger partial charge in [-0.3, -0.25) is 4.55 Å². The number of nitrogens with one attached hydrogen (secondary N) is 1. The van der Waals surface area contributed by atoms with Gasteiger partial charge in [0, 0.05) is 5.56 Å². The summed E-state index contributed by atoms with van der Waals surface area (Å²) >= 11 is 0. The van der Waals surface area contributed by atoms with Crippen LogP contribution in [0.5, 0.6) is 0 Å². The first-order valence-electron chi connectivity index (χ1n) is 10.1. The number of aryl methyl sites for hydroxylation is 2. The van der Waals surface area contributed by atoms with Gasteiger partial charge in [-0.15, -0.1) is 0 Å². The summed E-state index contributed by atoms with van der Waals surface area (Å²) in [5.41, 5.74) is 5.30. The van der Waals surface area contributed by atoms with E-state index < -0.39 is 15.2 Å². The van der Waals surface area contributed by atoms with Crippen LogP contribution in [0.1, 0.15) is 30.0 Å². The fraction of sp³-hybridized carbons (Fsp3) is 0.200. The minimum absolute atomic E-state index is 0.319. The molecule has 3 aromatic carbocycles. The summed E-state index contributed by atoms with van der Waals surface area (Å²) in [5.74, 6) is 0.457. The Morgan fingerprint density at radius 2 is 1.45 bits per heavy atom. The molecule has 0 radical (unpaired) electrons. The van der Waals surface area contributed by atoms with Crippen LogP contribution in [0.25, 0.3) is 11.1 Å². The first-order chi connectivity index (χ1) is 14.8. The first kappa shape index (κ1) is 21.2. The third-order valence-electron chi connectivity index (χ3n) is 5.68. The average molecular weight is 436 g/mol. The molecule has 3 aromatic rings. The van der Waals surface area contributed by atoms with Crippen LogP contribution in [0.2, 0.25) is 0 Å². The van der Waals surface area contributed by atoms with Crippen molar-refractivity contribution in [2.45, 2.75) is 31.7 Å². The zero-order valence-electron chi connectivity index (χ0n) is 17.5. The molecule has 0 saturated heterocycles. The van der Waals surface area contributed by atoms with E-state index in [1.54, 1.807) is 19.1 Å². The van der Waals surface area contributed by atoms with Crippen molar-refractivity contribution in [1.29, 1.82) is 0 Å². The molecule has 4 rings (SSSR count). The van der Waals surface area contributed by atoms with Crippen LogP contribution in [0, 0.1) is 6.92 Å². The third kappa shape index (κ3) is 4.09. The fourth-order valence-corrected chi connectivity index (χ4v) is 4.80. The molecule has 0 fully saturated rings. The predicted molar refractivity (Wildman–Crippen MR) is 122 cm³/mol. The molecule has 0 amide bonds. The highest BCUT2D eigenvalue weighted by Crippen LogP contribution is 2.39. The van der Waals surface area contributed by atoms with Crippen molar-refractivity contribution < 1.29 is 17.7 Å². The molecule has 0 saturated carbocycles. The van der Waals surface area contributed by atoms with E-state index in [-0.39, 0.29) is 0 Å². The molecular weight excluding hydrogens is 410 g/mol. The second-order valence-electron chi connectivity index (χ2n) is 7.72. The minimum Gasteiger partial charge on any atom is -0.451 e.